The van der Waals surface area contributed by atoms with Crippen molar-refractivity contribution < 1.29 is 10.2 Å². The van der Waals surface area contributed by atoms with E-state index in [0.717, 1.165) is 23.1 Å². The van der Waals surface area contributed by atoms with Crippen LogP contribution in [0.2, 0.25) is 0 Å². The first kappa shape index (κ1) is 20.6. The number of aliphatic hydroxyl groups excluding tert-OH is 1. The second-order valence-electron chi connectivity index (χ2n) is 9.08. The summed E-state index contributed by atoms with van der Waals surface area (Å²) in [5.74, 6) is 2.14. The van der Waals surface area contributed by atoms with Gasteiger partial charge in [-0.25, -0.2) is 0 Å². The smallest absolute Gasteiger partial charge is 0.119 e. The van der Waals surface area contributed by atoms with E-state index in [4.69, 9.17) is 0 Å². The molecule has 0 fully saturated rings. The van der Waals surface area contributed by atoms with Gasteiger partial charge in [0.05, 0.1) is 0 Å². The van der Waals surface area contributed by atoms with Crippen LogP contribution in [0.3, 0.4) is 0 Å². The predicted molar refractivity (Wildman–Crippen MR) is 111 cm³/mol. The maximum Gasteiger partial charge on any atom is 0.119 e. The summed E-state index contributed by atoms with van der Waals surface area (Å²) in [6, 6.07) is 5.95. The molecule has 2 nitrogen and oxygen atoms in total. The zero-order chi connectivity index (χ0) is 19.8. The zero-order valence-corrected chi connectivity index (χ0v) is 17.7. The molecule has 144 valence electrons. The summed E-state index contributed by atoms with van der Waals surface area (Å²) in [5, 5.41) is 21.4. The summed E-state index contributed by atoms with van der Waals surface area (Å²) in [4.78, 5) is 0. The van der Waals surface area contributed by atoms with Crippen molar-refractivity contribution >= 4 is 5.57 Å². The molecule has 2 N–H and O–H groups in total. The maximum absolute atomic E-state index is 11.2. The molecule has 2 rings (SSSR count). The van der Waals surface area contributed by atoms with E-state index >= 15 is 0 Å². The van der Waals surface area contributed by atoms with E-state index in [0.29, 0.717) is 23.3 Å². The fourth-order valence-electron chi connectivity index (χ4n) is 4.44. The molecule has 1 aliphatic rings. The standard InChI is InChI=1S/C24H36O2/c1-14(2)20-11-18(9-10-22(20)25)19-12-21(15(3)4)23(26)24(13-19,16(5)6)17(7)8/h9-12,14-17,25-26H,13H2,1-8H3. The second kappa shape index (κ2) is 7.50. The Kier molecular flexibility index (Phi) is 5.95. The Morgan fingerprint density at radius 1 is 0.846 bits per heavy atom. The van der Waals surface area contributed by atoms with Gasteiger partial charge < -0.3 is 10.2 Å². The first-order valence-corrected chi connectivity index (χ1v) is 9.99. The van der Waals surface area contributed by atoms with Gasteiger partial charge in [-0.1, -0.05) is 67.5 Å². The molecule has 0 aromatic heterocycles. The van der Waals surface area contributed by atoms with Gasteiger partial charge in [-0.15, -0.1) is 0 Å². The van der Waals surface area contributed by atoms with Crippen LogP contribution in [0, 0.1) is 23.2 Å². The van der Waals surface area contributed by atoms with Gasteiger partial charge in [0.25, 0.3) is 0 Å². The van der Waals surface area contributed by atoms with E-state index in [-0.39, 0.29) is 17.3 Å². The van der Waals surface area contributed by atoms with Gasteiger partial charge in [-0.2, -0.15) is 0 Å². The number of phenols is 1. The van der Waals surface area contributed by atoms with E-state index in [1.165, 1.54) is 5.57 Å². The van der Waals surface area contributed by atoms with Gasteiger partial charge in [-0.05, 0) is 64.5 Å². The fraction of sp³-hybridized carbons (Fsp3) is 0.583. The van der Waals surface area contributed by atoms with Crippen LogP contribution in [-0.4, -0.2) is 10.2 Å². The molecule has 0 bridgehead atoms. The highest BCUT2D eigenvalue weighted by Gasteiger charge is 2.45. The number of hydrogen-bond acceptors (Lipinski definition) is 2. The molecule has 1 aliphatic carbocycles. The summed E-state index contributed by atoms with van der Waals surface area (Å²) in [5.41, 5.74) is 4.19. The lowest BCUT2D eigenvalue weighted by molar-refractivity contribution is 0.0941. The average Bonchev–Trinajstić information content (AvgIpc) is 2.54. The fourth-order valence-corrected chi connectivity index (χ4v) is 4.44. The molecule has 0 saturated carbocycles. The van der Waals surface area contributed by atoms with E-state index in [1.807, 2.05) is 12.1 Å². The van der Waals surface area contributed by atoms with Crippen LogP contribution in [0.4, 0.5) is 0 Å². The predicted octanol–water partition coefficient (Wildman–Crippen LogP) is 7.07. The largest absolute Gasteiger partial charge is 0.511 e. The van der Waals surface area contributed by atoms with Crippen LogP contribution in [0.15, 0.2) is 35.6 Å². The van der Waals surface area contributed by atoms with Gasteiger partial charge in [0.1, 0.15) is 11.5 Å². The molecule has 0 amide bonds. The summed E-state index contributed by atoms with van der Waals surface area (Å²) in [6.07, 6.45) is 3.01. The Morgan fingerprint density at radius 2 is 1.42 bits per heavy atom. The van der Waals surface area contributed by atoms with Gasteiger partial charge >= 0.3 is 0 Å². The summed E-state index contributed by atoms with van der Waals surface area (Å²) < 4.78 is 0. The molecular formula is C24H36O2. The molecular weight excluding hydrogens is 320 g/mol. The van der Waals surface area contributed by atoms with Crippen LogP contribution in [0.5, 0.6) is 5.75 Å². The van der Waals surface area contributed by atoms with Crippen molar-refractivity contribution in [3.63, 3.8) is 0 Å². The highest BCUT2D eigenvalue weighted by Crippen LogP contribution is 2.53. The van der Waals surface area contributed by atoms with E-state index in [9.17, 15) is 10.2 Å². The van der Waals surface area contributed by atoms with Crippen molar-refractivity contribution in [2.45, 2.75) is 67.7 Å². The highest BCUT2D eigenvalue weighted by atomic mass is 16.3. The molecule has 26 heavy (non-hydrogen) atoms. The number of phenolic OH excluding ortho intramolecular Hbond substituents is 1. The van der Waals surface area contributed by atoms with Crippen molar-refractivity contribution in [2.24, 2.45) is 23.2 Å². The van der Waals surface area contributed by atoms with Crippen LogP contribution in [-0.2, 0) is 0 Å². The SMILES string of the molecule is CC(C)C1=C(O)C(C(C)C)(C(C)C)CC(c2ccc(O)c(C(C)C)c2)=C1. The number of rotatable bonds is 5. The average molecular weight is 357 g/mol. The van der Waals surface area contributed by atoms with Crippen LogP contribution in [0.1, 0.15) is 78.9 Å². The van der Waals surface area contributed by atoms with Gasteiger partial charge in [0.2, 0.25) is 0 Å². The minimum atomic E-state index is -0.250. The third-order valence-corrected chi connectivity index (χ3v) is 6.23. The Labute approximate surface area is 159 Å². The monoisotopic (exact) mass is 356 g/mol. The Hall–Kier alpha value is -1.70. The van der Waals surface area contributed by atoms with Gasteiger partial charge in [0.15, 0.2) is 0 Å². The molecule has 0 heterocycles. The quantitative estimate of drug-likeness (QED) is 0.592. The minimum absolute atomic E-state index is 0.250. The maximum atomic E-state index is 11.2. The van der Waals surface area contributed by atoms with Crippen molar-refractivity contribution in [1.82, 2.24) is 0 Å². The molecule has 0 spiro atoms. The van der Waals surface area contributed by atoms with Gasteiger partial charge in [0, 0.05) is 5.41 Å². The first-order valence-electron chi connectivity index (χ1n) is 9.99. The van der Waals surface area contributed by atoms with E-state index < -0.39 is 0 Å². The molecule has 1 aromatic carbocycles. The van der Waals surface area contributed by atoms with Crippen molar-refractivity contribution in [2.75, 3.05) is 0 Å². The number of hydrogen-bond donors (Lipinski definition) is 2. The second-order valence-corrected chi connectivity index (χ2v) is 9.08. The molecule has 0 atom stereocenters. The summed E-state index contributed by atoms with van der Waals surface area (Å²) in [6.45, 7) is 17.4. The molecule has 0 radical (unpaired) electrons. The first-order chi connectivity index (χ1) is 12.0. The Balaban J connectivity index is 2.67. The minimum Gasteiger partial charge on any atom is -0.511 e. The Morgan fingerprint density at radius 3 is 1.88 bits per heavy atom. The molecule has 0 saturated heterocycles. The van der Waals surface area contributed by atoms with Crippen molar-refractivity contribution in [3.05, 3.63) is 46.7 Å². The number of benzene rings is 1. The van der Waals surface area contributed by atoms with Crippen LogP contribution >= 0.6 is 0 Å². The third-order valence-electron chi connectivity index (χ3n) is 6.23. The lowest BCUT2D eigenvalue weighted by atomic mass is 9.60. The lowest BCUT2D eigenvalue weighted by Crippen LogP contribution is -2.38. The normalized spacial score (nSPS) is 17.6. The number of aliphatic hydroxyl groups is 1. The summed E-state index contributed by atoms with van der Waals surface area (Å²) in [7, 11) is 0. The zero-order valence-electron chi connectivity index (χ0n) is 17.7. The molecule has 0 unspecified atom stereocenters. The number of allylic oxidation sites excluding steroid dienone is 4. The highest BCUT2D eigenvalue weighted by molar-refractivity contribution is 5.73. The molecule has 2 heteroatoms. The van der Waals surface area contributed by atoms with Crippen LogP contribution in [0.25, 0.3) is 5.57 Å². The van der Waals surface area contributed by atoms with E-state index in [2.05, 4.69) is 67.5 Å². The van der Waals surface area contributed by atoms with Crippen molar-refractivity contribution in [3.8, 4) is 5.75 Å². The third kappa shape index (κ3) is 3.43. The number of aromatic hydroxyl groups is 1. The molecule has 1 aromatic rings. The lowest BCUT2D eigenvalue weighted by Gasteiger charge is -2.45. The summed E-state index contributed by atoms with van der Waals surface area (Å²) >= 11 is 0. The Bertz CT molecular complexity index is 710. The van der Waals surface area contributed by atoms with E-state index in [1.54, 1.807) is 0 Å². The van der Waals surface area contributed by atoms with Crippen molar-refractivity contribution in [1.29, 1.82) is 0 Å². The molecule has 0 aliphatic heterocycles. The topological polar surface area (TPSA) is 40.5 Å². The van der Waals surface area contributed by atoms with Crippen LogP contribution < -0.4 is 0 Å². The van der Waals surface area contributed by atoms with Gasteiger partial charge in [-0.3, -0.25) is 0 Å².